The maximum Gasteiger partial charge on any atom is 0.231 e. The van der Waals surface area contributed by atoms with Crippen molar-refractivity contribution in [3.05, 3.63) is 36.4 Å². The number of carbonyl (C=O) groups is 1. The van der Waals surface area contributed by atoms with Crippen LogP contribution in [-0.2, 0) is 0 Å². The third-order valence-electron chi connectivity index (χ3n) is 2.51. The van der Waals surface area contributed by atoms with Crippen LogP contribution >= 0.6 is 0 Å². The van der Waals surface area contributed by atoms with Gasteiger partial charge in [0.25, 0.3) is 0 Å². The van der Waals surface area contributed by atoms with Crippen molar-refractivity contribution in [2.24, 2.45) is 0 Å². The zero-order chi connectivity index (χ0) is 12.1. The summed E-state index contributed by atoms with van der Waals surface area (Å²) in [7, 11) is 0. The highest BCUT2D eigenvalue weighted by Gasteiger charge is 2.15. The largest absolute Gasteiger partial charge is 0.454 e. The first-order valence-electron chi connectivity index (χ1n) is 5.55. The molecular formula is C13H15NO3. The Kier molecular flexibility index (Phi) is 3.77. The van der Waals surface area contributed by atoms with Crippen LogP contribution in [0.25, 0.3) is 0 Å². The number of hydrogen-bond donors (Lipinski definition) is 1. The Labute approximate surface area is 100 Å². The molecule has 0 aliphatic carbocycles. The Bertz CT molecular complexity index is 429. The lowest BCUT2D eigenvalue weighted by molar-refractivity contribution is 0.0982. The van der Waals surface area contributed by atoms with Gasteiger partial charge in [-0.05, 0) is 18.2 Å². The lowest BCUT2D eigenvalue weighted by Crippen LogP contribution is -2.18. The van der Waals surface area contributed by atoms with E-state index < -0.39 is 0 Å². The zero-order valence-electron chi connectivity index (χ0n) is 9.57. The molecule has 1 N–H and O–H groups in total. The van der Waals surface area contributed by atoms with Crippen LogP contribution in [0.4, 0.5) is 0 Å². The highest BCUT2D eigenvalue weighted by atomic mass is 16.7. The standard InChI is InChI=1S/C13H15NO3/c1-2-6-14-7-5-11(15)10-3-4-12-13(8-10)17-9-16-12/h2-4,8,14H,1,5-7,9H2. The van der Waals surface area contributed by atoms with Gasteiger partial charge in [-0.3, -0.25) is 4.79 Å². The summed E-state index contributed by atoms with van der Waals surface area (Å²) in [6, 6.07) is 5.27. The summed E-state index contributed by atoms with van der Waals surface area (Å²) < 4.78 is 10.4. The summed E-state index contributed by atoms with van der Waals surface area (Å²) in [5.74, 6) is 1.45. The first-order chi connectivity index (χ1) is 8.31. The second-order valence-electron chi connectivity index (χ2n) is 3.73. The number of ether oxygens (including phenoxy) is 2. The van der Waals surface area contributed by atoms with Crippen LogP contribution in [-0.4, -0.2) is 25.7 Å². The highest BCUT2D eigenvalue weighted by Crippen LogP contribution is 2.32. The van der Waals surface area contributed by atoms with Crippen molar-refractivity contribution in [1.29, 1.82) is 0 Å². The van der Waals surface area contributed by atoms with Gasteiger partial charge in [-0.15, -0.1) is 6.58 Å². The third-order valence-corrected chi connectivity index (χ3v) is 2.51. The monoisotopic (exact) mass is 233 g/mol. The van der Waals surface area contributed by atoms with E-state index in [9.17, 15) is 4.79 Å². The quantitative estimate of drug-likeness (QED) is 0.462. The summed E-state index contributed by atoms with van der Waals surface area (Å²) >= 11 is 0. The van der Waals surface area contributed by atoms with Gasteiger partial charge in [0.05, 0.1) is 0 Å². The molecule has 0 aromatic heterocycles. The molecule has 90 valence electrons. The molecule has 0 radical (unpaired) electrons. The minimum atomic E-state index is 0.0971. The van der Waals surface area contributed by atoms with E-state index in [0.29, 0.717) is 36.6 Å². The van der Waals surface area contributed by atoms with E-state index in [1.54, 1.807) is 24.3 Å². The fourth-order valence-corrected chi connectivity index (χ4v) is 1.62. The third kappa shape index (κ3) is 2.85. The fourth-order valence-electron chi connectivity index (χ4n) is 1.62. The molecule has 1 heterocycles. The summed E-state index contributed by atoms with van der Waals surface area (Å²) in [4.78, 5) is 11.8. The lowest BCUT2D eigenvalue weighted by Gasteiger charge is -2.03. The first kappa shape index (κ1) is 11.7. The molecule has 1 aromatic carbocycles. The van der Waals surface area contributed by atoms with Crippen molar-refractivity contribution in [1.82, 2.24) is 5.32 Å². The Hall–Kier alpha value is -1.81. The number of hydrogen-bond acceptors (Lipinski definition) is 4. The van der Waals surface area contributed by atoms with Crippen LogP contribution in [0.15, 0.2) is 30.9 Å². The van der Waals surface area contributed by atoms with E-state index in [2.05, 4.69) is 11.9 Å². The van der Waals surface area contributed by atoms with E-state index in [-0.39, 0.29) is 12.6 Å². The van der Waals surface area contributed by atoms with Gasteiger partial charge < -0.3 is 14.8 Å². The molecule has 2 rings (SSSR count). The number of benzene rings is 1. The van der Waals surface area contributed by atoms with Gasteiger partial charge in [-0.1, -0.05) is 6.08 Å². The van der Waals surface area contributed by atoms with Gasteiger partial charge in [0.1, 0.15) is 0 Å². The highest BCUT2D eigenvalue weighted by molar-refractivity contribution is 5.96. The lowest BCUT2D eigenvalue weighted by atomic mass is 10.1. The van der Waals surface area contributed by atoms with Crippen molar-refractivity contribution in [2.75, 3.05) is 19.9 Å². The molecule has 0 unspecified atom stereocenters. The van der Waals surface area contributed by atoms with Gasteiger partial charge in [0, 0.05) is 25.1 Å². The number of carbonyl (C=O) groups excluding carboxylic acids is 1. The van der Waals surface area contributed by atoms with E-state index in [1.807, 2.05) is 0 Å². The van der Waals surface area contributed by atoms with E-state index in [4.69, 9.17) is 9.47 Å². The predicted molar refractivity (Wildman–Crippen MR) is 64.6 cm³/mol. The normalized spacial score (nSPS) is 12.5. The van der Waals surface area contributed by atoms with Crippen LogP contribution in [0, 0.1) is 0 Å². The molecule has 0 bridgehead atoms. The van der Waals surface area contributed by atoms with Gasteiger partial charge in [-0.25, -0.2) is 0 Å². The van der Waals surface area contributed by atoms with E-state index in [0.717, 1.165) is 0 Å². The van der Waals surface area contributed by atoms with Crippen molar-refractivity contribution >= 4 is 5.78 Å². The first-order valence-corrected chi connectivity index (χ1v) is 5.55. The Morgan fingerprint density at radius 1 is 1.41 bits per heavy atom. The molecule has 4 nitrogen and oxygen atoms in total. The predicted octanol–water partition coefficient (Wildman–Crippen LogP) is 1.76. The summed E-state index contributed by atoms with van der Waals surface area (Å²) in [6.45, 7) is 5.20. The van der Waals surface area contributed by atoms with Gasteiger partial charge in [0.15, 0.2) is 17.3 Å². The van der Waals surface area contributed by atoms with Crippen LogP contribution in [0.1, 0.15) is 16.8 Å². The molecule has 0 atom stereocenters. The van der Waals surface area contributed by atoms with Crippen LogP contribution in [0.2, 0.25) is 0 Å². The number of rotatable bonds is 6. The molecule has 1 aliphatic heterocycles. The summed E-state index contributed by atoms with van der Waals surface area (Å²) in [5, 5.41) is 3.09. The SMILES string of the molecule is C=CCNCCC(=O)c1ccc2c(c1)OCO2. The van der Waals surface area contributed by atoms with Gasteiger partial charge in [0.2, 0.25) is 6.79 Å². The molecular weight excluding hydrogens is 218 g/mol. The average molecular weight is 233 g/mol. The number of ketones is 1. The van der Waals surface area contributed by atoms with E-state index in [1.165, 1.54) is 0 Å². The molecule has 0 amide bonds. The van der Waals surface area contributed by atoms with Crippen LogP contribution < -0.4 is 14.8 Å². The second-order valence-corrected chi connectivity index (χ2v) is 3.73. The average Bonchev–Trinajstić information content (AvgIpc) is 2.81. The topological polar surface area (TPSA) is 47.6 Å². The van der Waals surface area contributed by atoms with Crippen molar-refractivity contribution in [3.8, 4) is 11.5 Å². The molecule has 0 saturated heterocycles. The van der Waals surface area contributed by atoms with Gasteiger partial charge >= 0.3 is 0 Å². The number of fused-ring (bicyclic) bond motifs is 1. The Morgan fingerprint density at radius 3 is 3.06 bits per heavy atom. The number of Topliss-reactive ketones (excluding diaryl/α,β-unsaturated/α-hetero) is 1. The zero-order valence-corrected chi connectivity index (χ0v) is 9.57. The molecule has 17 heavy (non-hydrogen) atoms. The van der Waals surface area contributed by atoms with E-state index >= 15 is 0 Å². The molecule has 4 heteroatoms. The van der Waals surface area contributed by atoms with Crippen LogP contribution in [0.5, 0.6) is 11.5 Å². The van der Waals surface area contributed by atoms with Crippen molar-refractivity contribution in [3.63, 3.8) is 0 Å². The van der Waals surface area contributed by atoms with Crippen molar-refractivity contribution < 1.29 is 14.3 Å². The molecule has 0 saturated carbocycles. The number of nitrogens with one attached hydrogen (secondary N) is 1. The fraction of sp³-hybridized carbons (Fsp3) is 0.308. The summed E-state index contributed by atoms with van der Waals surface area (Å²) in [6.07, 6.45) is 2.23. The second kappa shape index (κ2) is 5.50. The molecule has 1 aliphatic rings. The van der Waals surface area contributed by atoms with Crippen molar-refractivity contribution in [2.45, 2.75) is 6.42 Å². The minimum Gasteiger partial charge on any atom is -0.454 e. The Morgan fingerprint density at radius 2 is 2.24 bits per heavy atom. The summed E-state index contributed by atoms with van der Waals surface area (Å²) in [5.41, 5.74) is 0.662. The maximum absolute atomic E-state index is 11.8. The minimum absolute atomic E-state index is 0.0971. The molecule has 0 spiro atoms. The Balaban J connectivity index is 1.93. The van der Waals surface area contributed by atoms with Crippen LogP contribution in [0.3, 0.4) is 0 Å². The van der Waals surface area contributed by atoms with Gasteiger partial charge in [-0.2, -0.15) is 0 Å². The smallest absolute Gasteiger partial charge is 0.231 e. The molecule has 1 aromatic rings. The maximum atomic E-state index is 11.8. The molecule has 0 fully saturated rings.